The highest BCUT2D eigenvalue weighted by Crippen LogP contribution is 2.15. The van der Waals surface area contributed by atoms with Crippen molar-refractivity contribution in [2.24, 2.45) is 14.1 Å². The third-order valence-corrected chi connectivity index (χ3v) is 7.08. The topological polar surface area (TPSA) is 87.7 Å². The van der Waals surface area contributed by atoms with Gasteiger partial charge in [-0.15, -0.1) is 11.3 Å². The highest BCUT2D eigenvalue weighted by atomic mass is 32.1. The molecule has 5 rings (SSSR count). The summed E-state index contributed by atoms with van der Waals surface area (Å²) in [6, 6.07) is 14.4. The van der Waals surface area contributed by atoms with Crippen LogP contribution in [-0.2, 0) is 30.2 Å². The van der Waals surface area contributed by atoms with Crippen LogP contribution in [0, 0.1) is 62.3 Å². The van der Waals surface area contributed by atoms with Crippen LogP contribution >= 0.6 is 11.3 Å². The Morgan fingerprint density at radius 2 is 1.29 bits per heavy atom. The van der Waals surface area contributed by atoms with Crippen molar-refractivity contribution in [2.75, 3.05) is 0 Å². The maximum atomic E-state index is 9.79. The van der Waals surface area contributed by atoms with Crippen molar-refractivity contribution >= 4 is 17.8 Å². The van der Waals surface area contributed by atoms with Gasteiger partial charge >= 0.3 is 0 Å². The van der Waals surface area contributed by atoms with Crippen LogP contribution in [0.25, 0.3) is 0 Å². The molecule has 0 fully saturated rings. The molecule has 4 heterocycles. The fraction of sp³-hybridized carbons (Fsp3) is 0.364. The molecule has 4 aromatic heterocycles. The van der Waals surface area contributed by atoms with Gasteiger partial charge in [0.1, 0.15) is 12.4 Å². The van der Waals surface area contributed by atoms with E-state index in [2.05, 4.69) is 76.0 Å². The number of aryl methyl sites for hydroxylation is 11. The number of rotatable bonds is 3. The lowest BCUT2D eigenvalue weighted by molar-refractivity contribution is -0.129. The Kier molecular flexibility index (Phi) is 16.3. The molecule has 0 saturated carbocycles. The van der Waals surface area contributed by atoms with E-state index in [9.17, 15) is 4.79 Å². The second kappa shape index (κ2) is 19.1. The maximum absolute atomic E-state index is 9.79. The highest BCUT2D eigenvalue weighted by molar-refractivity contribution is 7.10. The summed E-state index contributed by atoms with van der Waals surface area (Å²) >= 11 is 1.61. The van der Waals surface area contributed by atoms with Gasteiger partial charge < -0.3 is 4.74 Å². The number of carbonyl (C=O) groups excluding carboxylic acids is 1. The zero-order valence-electron chi connectivity index (χ0n) is 27.0. The second-order valence-electron chi connectivity index (χ2n) is 9.92. The number of hydrogen-bond donors (Lipinski definition) is 0. The van der Waals surface area contributed by atoms with E-state index >= 15 is 0 Å². The molecule has 1 aromatic carbocycles. The Morgan fingerprint density at radius 1 is 0.738 bits per heavy atom. The Hall–Kier alpha value is -4.11. The van der Waals surface area contributed by atoms with Gasteiger partial charge in [0.15, 0.2) is 0 Å². The molecule has 0 N–H and O–H groups in total. The monoisotopic (exact) mass is 590 g/mol. The summed E-state index contributed by atoms with van der Waals surface area (Å²) in [5.74, 6) is 0.822. The first-order valence-electron chi connectivity index (χ1n) is 13.6. The first-order chi connectivity index (χ1) is 19.8. The number of benzene rings is 1. The van der Waals surface area contributed by atoms with Crippen molar-refractivity contribution < 1.29 is 9.53 Å². The Balaban J connectivity index is 0.000000264. The van der Waals surface area contributed by atoms with Crippen LogP contribution < -0.4 is 0 Å². The molecular formula is C33H46N6O2S. The van der Waals surface area contributed by atoms with Gasteiger partial charge in [0, 0.05) is 42.8 Å². The van der Waals surface area contributed by atoms with Crippen LogP contribution in [0.5, 0.6) is 0 Å². The Bertz CT molecular complexity index is 1390. The summed E-state index contributed by atoms with van der Waals surface area (Å²) in [5.41, 5.74) is 9.89. The molecule has 5 aromatic rings. The summed E-state index contributed by atoms with van der Waals surface area (Å²) in [6.07, 6.45) is 3.45. The summed E-state index contributed by atoms with van der Waals surface area (Å²) in [7, 11) is 3.89. The largest absolute Gasteiger partial charge is 0.462 e. The molecule has 9 heteroatoms. The number of thiophene rings is 1. The number of ether oxygens (including phenoxy) is 1. The van der Waals surface area contributed by atoms with E-state index < -0.39 is 0 Å². The van der Waals surface area contributed by atoms with Crippen LogP contribution in [0.2, 0.25) is 0 Å². The van der Waals surface area contributed by atoms with Crippen molar-refractivity contribution in [1.29, 1.82) is 0 Å². The molecule has 0 radical (unpaired) electrons. The average Bonchev–Trinajstić information content (AvgIpc) is 3.58. The van der Waals surface area contributed by atoms with E-state index in [1.807, 2.05) is 76.4 Å². The highest BCUT2D eigenvalue weighted by Gasteiger charge is 1.97. The molecule has 0 bridgehead atoms. The van der Waals surface area contributed by atoms with Crippen molar-refractivity contribution in [3.05, 3.63) is 116 Å². The molecule has 226 valence electrons. The summed E-state index contributed by atoms with van der Waals surface area (Å²) in [5, 5.41) is 10.2. The van der Waals surface area contributed by atoms with Crippen LogP contribution in [0.3, 0.4) is 0 Å². The van der Waals surface area contributed by atoms with E-state index in [0.29, 0.717) is 13.1 Å². The third kappa shape index (κ3) is 14.5. The number of aromatic nitrogens is 6. The maximum Gasteiger partial charge on any atom is 0.293 e. The van der Waals surface area contributed by atoms with Crippen molar-refractivity contribution in [3.8, 4) is 0 Å². The van der Waals surface area contributed by atoms with Crippen molar-refractivity contribution in [1.82, 2.24) is 29.5 Å². The molecule has 0 unspecified atom stereocenters. The lowest BCUT2D eigenvalue weighted by Crippen LogP contribution is -1.91. The SMILES string of the molecule is Cc1cc(C)n(C)n1.Cc1cc(C)n(C)n1.Cc1ccc(C)c(C)c1.Cc1ccsc1COC=O.Cc1ncccn1. The van der Waals surface area contributed by atoms with Gasteiger partial charge in [0.2, 0.25) is 0 Å². The van der Waals surface area contributed by atoms with Gasteiger partial charge in [0.25, 0.3) is 6.47 Å². The van der Waals surface area contributed by atoms with E-state index in [1.165, 1.54) is 33.6 Å². The van der Waals surface area contributed by atoms with Crippen LogP contribution in [-0.4, -0.2) is 36.0 Å². The van der Waals surface area contributed by atoms with Gasteiger partial charge in [-0.2, -0.15) is 10.2 Å². The minimum atomic E-state index is 0.410. The smallest absolute Gasteiger partial charge is 0.293 e. The van der Waals surface area contributed by atoms with Crippen molar-refractivity contribution in [3.63, 3.8) is 0 Å². The lowest BCUT2D eigenvalue weighted by Gasteiger charge is -1.98. The fourth-order valence-electron chi connectivity index (χ4n) is 3.41. The van der Waals surface area contributed by atoms with E-state index in [4.69, 9.17) is 0 Å². The standard InChI is InChI=1S/C9H12.C7H8O2S.2C6H10N2.C5H6N2/c1-7-4-5-8(2)9(3)6-7;1-6-2-3-10-7(6)4-9-5-8;2*1-5-4-6(2)8(3)7-5;1-5-6-3-2-4-7-5/h4-6H,1-3H3;2-3,5H,4H2,1H3;2*4H,1-3H3;2-4H,1H3. The van der Waals surface area contributed by atoms with Crippen LogP contribution in [0.4, 0.5) is 0 Å². The molecule has 0 aliphatic rings. The molecule has 0 aliphatic carbocycles. The summed E-state index contributed by atoms with van der Waals surface area (Å²) < 4.78 is 8.33. The van der Waals surface area contributed by atoms with Crippen LogP contribution in [0.1, 0.15) is 55.7 Å². The summed E-state index contributed by atoms with van der Waals surface area (Å²) in [4.78, 5) is 18.6. The first-order valence-corrected chi connectivity index (χ1v) is 14.5. The normalized spacial score (nSPS) is 9.50. The molecule has 8 nitrogen and oxygen atoms in total. The number of carbonyl (C=O) groups is 1. The van der Waals surface area contributed by atoms with E-state index in [0.717, 1.165) is 22.1 Å². The predicted octanol–water partition coefficient (Wildman–Crippen LogP) is 7.20. The molecule has 0 atom stereocenters. The minimum absolute atomic E-state index is 0.410. The molecule has 0 saturated heterocycles. The third-order valence-electron chi connectivity index (χ3n) is 6.08. The lowest BCUT2D eigenvalue weighted by atomic mass is 10.1. The minimum Gasteiger partial charge on any atom is -0.462 e. The van der Waals surface area contributed by atoms with Gasteiger partial charge in [-0.25, -0.2) is 9.97 Å². The predicted molar refractivity (Wildman–Crippen MR) is 173 cm³/mol. The second-order valence-corrected chi connectivity index (χ2v) is 10.9. The van der Waals surface area contributed by atoms with Gasteiger partial charge in [0.05, 0.1) is 11.4 Å². The Labute approximate surface area is 255 Å². The number of nitrogens with zero attached hydrogens (tertiary/aromatic N) is 6. The molecule has 0 amide bonds. The van der Waals surface area contributed by atoms with Crippen LogP contribution in [0.15, 0.2) is 60.2 Å². The van der Waals surface area contributed by atoms with Gasteiger partial charge in [-0.1, -0.05) is 23.8 Å². The molecular weight excluding hydrogens is 544 g/mol. The molecule has 42 heavy (non-hydrogen) atoms. The van der Waals surface area contributed by atoms with E-state index in [1.54, 1.807) is 29.8 Å². The van der Waals surface area contributed by atoms with Gasteiger partial charge in [-0.05, 0) is 109 Å². The Morgan fingerprint density at radius 3 is 1.57 bits per heavy atom. The summed E-state index contributed by atoms with van der Waals surface area (Å²) in [6.45, 7) is 19.2. The fourth-order valence-corrected chi connectivity index (χ4v) is 4.23. The molecule has 0 spiro atoms. The molecule has 0 aliphatic heterocycles. The number of hydrogen-bond acceptors (Lipinski definition) is 7. The quantitative estimate of drug-likeness (QED) is 0.207. The van der Waals surface area contributed by atoms with Gasteiger partial charge in [-0.3, -0.25) is 14.2 Å². The average molecular weight is 591 g/mol. The zero-order valence-corrected chi connectivity index (χ0v) is 27.8. The van der Waals surface area contributed by atoms with Crippen molar-refractivity contribution in [2.45, 2.75) is 68.9 Å². The first kappa shape index (κ1) is 35.9. The zero-order chi connectivity index (χ0) is 31.7. The van der Waals surface area contributed by atoms with E-state index in [-0.39, 0.29) is 0 Å².